The van der Waals surface area contributed by atoms with E-state index in [4.69, 9.17) is 26.4 Å². The minimum atomic E-state index is -0.479. The average molecular weight is 408 g/mol. The molecule has 152 valence electrons. The van der Waals surface area contributed by atoms with Crippen LogP contribution >= 0.6 is 12.2 Å². The van der Waals surface area contributed by atoms with Gasteiger partial charge in [0.15, 0.2) is 16.6 Å². The van der Waals surface area contributed by atoms with Crippen LogP contribution in [0.15, 0.2) is 18.2 Å². The highest BCUT2D eigenvalue weighted by Crippen LogP contribution is 2.35. The molecule has 3 N–H and O–H groups in total. The third kappa shape index (κ3) is 4.82. The van der Waals surface area contributed by atoms with E-state index in [1.807, 2.05) is 6.92 Å². The molecule has 0 bridgehead atoms. The summed E-state index contributed by atoms with van der Waals surface area (Å²) in [7, 11) is 1.60. The maximum Gasteiger partial charge on any atom is 0.243 e. The van der Waals surface area contributed by atoms with Gasteiger partial charge in [0.1, 0.15) is 13.2 Å². The van der Waals surface area contributed by atoms with Crippen molar-refractivity contribution in [2.45, 2.75) is 19.4 Å². The summed E-state index contributed by atoms with van der Waals surface area (Å²) in [6, 6.07) is 5.33. The van der Waals surface area contributed by atoms with Crippen molar-refractivity contribution in [3.8, 4) is 11.5 Å². The van der Waals surface area contributed by atoms with E-state index in [9.17, 15) is 9.59 Å². The molecule has 1 saturated heterocycles. The highest BCUT2D eigenvalue weighted by Gasteiger charge is 2.35. The molecule has 0 saturated carbocycles. The normalized spacial score (nSPS) is 19.1. The third-order valence-corrected chi connectivity index (χ3v) is 4.65. The summed E-state index contributed by atoms with van der Waals surface area (Å²) in [6.45, 7) is 3.65. The molecular formula is C18H24N4O5S. The Hall–Kier alpha value is -2.59. The number of thiocarbonyl (C=S) groups is 1. The van der Waals surface area contributed by atoms with Crippen molar-refractivity contribution in [3.05, 3.63) is 18.2 Å². The number of amides is 2. The topological polar surface area (TPSA) is 101 Å². The van der Waals surface area contributed by atoms with Crippen molar-refractivity contribution in [1.29, 1.82) is 0 Å². The first-order chi connectivity index (χ1) is 13.5. The molecule has 1 fully saturated rings. The zero-order valence-electron chi connectivity index (χ0n) is 15.8. The second-order valence-electron chi connectivity index (χ2n) is 6.68. The van der Waals surface area contributed by atoms with E-state index in [-0.39, 0.29) is 35.9 Å². The third-order valence-electron chi connectivity index (χ3n) is 4.43. The first-order valence-electron chi connectivity index (χ1n) is 9.03. The summed E-state index contributed by atoms with van der Waals surface area (Å²) >= 11 is 5.12. The second kappa shape index (κ2) is 9.07. The van der Waals surface area contributed by atoms with Gasteiger partial charge in [0.05, 0.1) is 12.5 Å². The predicted molar refractivity (Wildman–Crippen MR) is 106 cm³/mol. The van der Waals surface area contributed by atoms with Gasteiger partial charge in [-0.05, 0) is 31.3 Å². The van der Waals surface area contributed by atoms with Crippen molar-refractivity contribution < 1.29 is 23.8 Å². The monoisotopic (exact) mass is 408 g/mol. The van der Waals surface area contributed by atoms with Crippen molar-refractivity contribution in [2.75, 3.05) is 38.4 Å². The Kier molecular flexibility index (Phi) is 6.53. The Morgan fingerprint density at radius 1 is 1.32 bits per heavy atom. The fourth-order valence-corrected chi connectivity index (χ4v) is 3.36. The maximum absolute atomic E-state index is 12.4. The van der Waals surface area contributed by atoms with Crippen LogP contribution in [0.3, 0.4) is 0 Å². The van der Waals surface area contributed by atoms with Gasteiger partial charge < -0.3 is 24.4 Å². The summed E-state index contributed by atoms with van der Waals surface area (Å²) in [5, 5.41) is 3.26. The minimum Gasteiger partial charge on any atom is -0.486 e. The number of benzene rings is 1. The zero-order valence-corrected chi connectivity index (χ0v) is 16.6. The molecular weight excluding hydrogens is 384 g/mol. The Labute approximate surface area is 168 Å². The van der Waals surface area contributed by atoms with E-state index < -0.39 is 5.92 Å². The number of fused-ring (bicyclic) bond motifs is 1. The lowest BCUT2D eigenvalue weighted by Crippen LogP contribution is -2.51. The van der Waals surface area contributed by atoms with Crippen LogP contribution in [0.25, 0.3) is 0 Å². The Morgan fingerprint density at radius 3 is 2.82 bits per heavy atom. The molecule has 0 aromatic heterocycles. The number of rotatable bonds is 5. The molecule has 0 unspecified atom stereocenters. The lowest BCUT2D eigenvalue weighted by molar-refractivity contribution is -0.126. The summed E-state index contributed by atoms with van der Waals surface area (Å²) < 4.78 is 16.1. The van der Waals surface area contributed by atoms with Crippen LogP contribution in [-0.2, 0) is 14.3 Å². The van der Waals surface area contributed by atoms with Gasteiger partial charge in [-0.3, -0.25) is 20.4 Å². The molecule has 2 atom stereocenters. The average Bonchev–Trinajstić information content (AvgIpc) is 3.07. The van der Waals surface area contributed by atoms with Gasteiger partial charge in [-0.25, -0.2) is 0 Å². The number of nitrogens with zero attached hydrogens (tertiary/aromatic N) is 1. The Morgan fingerprint density at radius 2 is 2.07 bits per heavy atom. The van der Waals surface area contributed by atoms with Crippen LogP contribution < -0.4 is 30.5 Å². The van der Waals surface area contributed by atoms with Crippen LogP contribution in [0.4, 0.5) is 5.69 Å². The van der Waals surface area contributed by atoms with Crippen LogP contribution in [-0.4, -0.2) is 56.4 Å². The van der Waals surface area contributed by atoms with E-state index >= 15 is 0 Å². The largest absolute Gasteiger partial charge is 0.486 e. The number of nitrogens with one attached hydrogen (secondary N) is 3. The summed E-state index contributed by atoms with van der Waals surface area (Å²) in [5.41, 5.74) is 5.90. The number of hydrogen-bond donors (Lipinski definition) is 3. The summed E-state index contributed by atoms with van der Waals surface area (Å²) in [6.07, 6.45) is 0.127. The number of hydrogen-bond acceptors (Lipinski definition) is 6. The molecule has 2 aliphatic heterocycles. The van der Waals surface area contributed by atoms with Gasteiger partial charge in [0, 0.05) is 37.9 Å². The Balaban J connectivity index is 1.54. The lowest BCUT2D eigenvalue weighted by atomic mass is 10.1. The fraction of sp³-hybridized carbons (Fsp3) is 0.500. The first-order valence-corrected chi connectivity index (χ1v) is 9.44. The maximum atomic E-state index is 12.4. The standard InChI is InChI=1S/C18H24N4O5S/c1-11(10-25-2)19-18(28)21-20-17(24)12-7-16(23)22(9-12)13-3-4-14-15(8-13)27-6-5-26-14/h3-4,8,11-12H,5-7,9-10H2,1-2H3,(H,20,24)(H2,19,21,28)/t11-,12+/m1/s1. The Bertz CT molecular complexity index is 759. The quantitative estimate of drug-likeness (QED) is 0.474. The van der Waals surface area contributed by atoms with Crippen molar-refractivity contribution in [1.82, 2.24) is 16.2 Å². The molecule has 2 heterocycles. The summed E-state index contributed by atoms with van der Waals surface area (Å²) in [4.78, 5) is 26.4. The van der Waals surface area contributed by atoms with E-state index in [0.29, 0.717) is 37.0 Å². The smallest absolute Gasteiger partial charge is 0.243 e. The second-order valence-corrected chi connectivity index (χ2v) is 7.09. The molecule has 9 nitrogen and oxygen atoms in total. The molecule has 0 radical (unpaired) electrons. The molecule has 2 amide bonds. The van der Waals surface area contributed by atoms with Gasteiger partial charge in [-0.1, -0.05) is 0 Å². The highest BCUT2D eigenvalue weighted by molar-refractivity contribution is 7.80. The van der Waals surface area contributed by atoms with Crippen molar-refractivity contribution >= 4 is 34.8 Å². The highest BCUT2D eigenvalue weighted by atomic mass is 32.1. The molecule has 0 aliphatic carbocycles. The van der Waals surface area contributed by atoms with Crippen molar-refractivity contribution in [2.24, 2.45) is 5.92 Å². The number of methoxy groups -OCH3 is 1. The molecule has 10 heteroatoms. The van der Waals surface area contributed by atoms with E-state index in [1.165, 1.54) is 0 Å². The molecule has 3 rings (SSSR count). The number of anilines is 1. The number of ether oxygens (including phenoxy) is 3. The first kappa shape index (κ1) is 20.2. The zero-order chi connectivity index (χ0) is 20.1. The number of hydrazine groups is 1. The van der Waals surface area contributed by atoms with Gasteiger partial charge >= 0.3 is 0 Å². The molecule has 1 aromatic carbocycles. The van der Waals surface area contributed by atoms with E-state index in [1.54, 1.807) is 30.2 Å². The van der Waals surface area contributed by atoms with E-state index in [2.05, 4.69) is 16.2 Å². The molecule has 0 spiro atoms. The van der Waals surface area contributed by atoms with Crippen LogP contribution in [0.5, 0.6) is 11.5 Å². The van der Waals surface area contributed by atoms with Gasteiger partial charge in [0.25, 0.3) is 0 Å². The predicted octanol–water partition coefficient (Wildman–Crippen LogP) is 0.341. The van der Waals surface area contributed by atoms with Gasteiger partial charge in [-0.2, -0.15) is 0 Å². The van der Waals surface area contributed by atoms with Gasteiger partial charge in [-0.15, -0.1) is 0 Å². The number of carbonyl (C=O) groups is 2. The van der Waals surface area contributed by atoms with Gasteiger partial charge in [0.2, 0.25) is 11.8 Å². The molecule has 28 heavy (non-hydrogen) atoms. The lowest BCUT2D eigenvalue weighted by Gasteiger charge is -2.22. The van der Waals surface area contributed by atoms with Crippen LogP contribution in [0, 0.1) is 5.92 Å². The van der Waals surface area contributed by atoms with Crippen LogP contribution in [0.1, 0.15) is 13.3 Å². The summed E-state index contributed by atoms with van der Waals surface area (Å²) in [5.74, 6) is 0.368. The molecule has 2 aliphatic rings. The fourth-order valence-electron chi connectivity index (χ4n) is 3.10. The van der Waals surface area contributed by atoms with Crippen molar-refractivity contribution in [3.63, 3.8) is 0 Å². The van der Waals surface area contributed by atoms with Crippen LogP contribution in [0.2, 0.25) is 0 Å². The minimum absolute atomic E-state index is 0.000611. The SMILES string of the molecule is COC[C@@H](C)NC(=S)NNC(=O)[C@H]1CC(=O)N(c2ccc3c(c2)OCCO3)C1. The molecule has 1 aromatic rings. The van der Waals surface area contributed by atoms with E-state index in [0.717, 1.165) is 0 Å². The number of carbonyl (C=O) groups excluding carboxylic acids is 2.